The lowest BCUT2D eigenvalue weighted by Crippen LogP contribution is -2.33. The second-order valence-corrected chi connectivity index (χ2v) is 6.67. The number of carbonyl (C=O) groups is 1. The summed E-state index contributed by atoms with van der Waals surface area (Å²) in [5.74, 6) is 2.78. The Morgan fingerprint density at radius 2 is 2.24 bits per heavy atom. The molecule has 0 spiro atoms. The largest absolute Gasteiger partial charge is 0.455 e. The van der Waals surface area contributed by atoms with Gasteiger partial charge in [-0.15, -0.1) is 6.58 Å². The molecule has 0 aliphatic carbocycles. The Hall–Kier alpha value is -2.28. The van der Waals surface area contributed by atoms with Crippen molar-refractivity contribution in [1.29, 1.82) is 0 Å². The molecule has 25 heavy (non-hydrogen) atoms. The van der Waals surface area contributed by atoms with Crippen molar-refractivity contribution in [1.82, 2.24) is 14.9 Å². The quantitative estimate of drug-likeness (QED) is 0.801. The number of amides is 1. The Morgan fingerprint density at radius 3 is 3.04 bits per heavy atom. The number of anilines is 1. The van der Waals surface area contributed by atoms with Crippen molar-refractivity contribution in [3.8, 4) is 0 Å². The topological polar surface area (TPSA) is 71.3 Å². The summed E-state index contributed by atoms with van der Waals surface area (Å²) < 4.78 is 5.67. The van der Waals surface area contributed by atoms with Gasteiger partial charge in [0, 0.05) is 31.6 Å². The minimum absolute atomic E-state index is 0.0614. The Bertz CT molecular complexity index is 759. The second-order valence-electron chi connectivity index (χ2n) is 5.81. The van der Waals surface area contributed by atoms with Gasteiger partial charge in [0.1, 0.15) is 17.9 Å². The molecule has 0 atom stereocenters. The van der Waals surface area contributed by atoms with Gasteiger partial charge >= 0.3 is 0 Å². The van der Waals surface area contributed by atoms with Gasteiger partial charge in [-0.2, -0.15) is 11.8 Å². The predicted molar refractivity (Wildman–Crippen MR) is 100.0 cm³/mol. The molecule has 0 aromatic carbocycles. The Kier molecular flexibility index (Phi) is 5.75. The zero-order valence-corrected chi connectivity index (χ0v) is 15.1. The van der Waals surface area contributed by atoms with Crippen LogP contribution in [0.1, 0.15) is 27.6 Å². The molecule has 7 heteroatoms. The molecule has 0 unspecified atom stereocenters. The smallest absolute Gasteiger partial charge is 0.289 e. The van der Waals surface area contributed by atoms with Gasteiger partial charge in [-0.25, -0.2) is 9.97 Å². The Labute approximate surface area is 151 Å². The Morgan fingerprint density at radius 1 is 1.40 bits per heavy atom. The van der Waals surface area contributed by atoms with Gasteiger partial charge in [0.2, 0.25) is 0 Å². The standard InChI is InChI=1S/C18H22N4O2S/c1-3-8-19-17-14-6-9-22(10-7-15(14)20-12-21-17)18(23)16-5-4-13(24-16)11-25-2/h3-5,12H,1,6-11H2,2H3,(H,19,20,21). The van der Waals surface area contributed by atoms with Gasteiger partial charge in [0.15, 0.2) is 5.76 Å². The van der Waals surface area contributed by atoms with Crippen molar-refractivity contribution in [2.24, 2.45) is 0 Å². The van der Waals surface area contributed by atoms with Crippen molar-refractivity contribution < 1.29 is 9.21 Å². The third kappa shape index (κ3) is 4.04. The van der Waals surface area contributed by atoms with E-state index in [-0.39, 0.29) is 5.91 Å². The number of furan rings is 1. The summed E-state index contributed by atoms with van der Waals surface area (Å²) in [5.41, 5.74) is 2.08. The molecule has 2 aromatic rings. The van der Waals surface area contributed by atoms with E-state index in [2.05, 4.69) is 21.9 Å². The van der Waals surface area contributed by atoms with E-state index in [1.54, 1.807) is 30.2 Å². The lowest BCUT2D eigenvalue weighted by Gasteiger charge is -2.18. The number of nitrogens with one attached hydrogen (secondary N) is 1. The molecule has 0 bridgehead atoms. The maximum Gasteiger partial charge on any atom is 0.289 e. The number of aromatic nitrogens is 2. The van der Waals surface area contributed by atoms with Crippen LogP contribution in [0.3, 0.4) is 0 Å². The van der Waals surface area contributed by atoms with E-state index in [4.69, 9.17) is 4.42 Å². The molecular formula is C18H22N4O2S. The molecule has 3 heterocycles. The number of hydrogen-bond donors (Lipinski definition) is 1. The average Bonchev–Trinajstić information content (AvgIpc) is 2.98. The zero-order chi connectivity index (χ0) is 17.6. The molecule has 1 N–H and O–H groups in total. The summed E-state index contributed by atoms with van der Waals surface area (Å²) in [7, 11) is 0. The van der Waals surface area contributed by atoms with E-state index in [1.165, 1.54) is 0 Å². The molecular weight excluding hydrogens is 336 g/mol. The van der Waals surface area contributed by atoms with Crippen molar-refractivity contribution in [3.05, 3.63) is 53.9 Å². The number of thioether (sulfide) groups is 1. The van der Waals surface area contributed by atoms with Crippen LogP contribution in [0, 0.1) is 0 Å². The average molecular weight is 358 g/mol. The maximum atomic E-state index is 12.7. The van der Waals surface area contributed by atoms with Crippen molar-refractivity contribution in [2.75, 3.05) is 31.2 Å². The van der Waals surface area contributed by atoms with Crippen LogP contribution in [0.5, 0.6) is 0 Å². The van der Waals surface area contributed by atoms with Crippen molar-refractivity contribution in [3.63, 3.8) is 0 Å². The number of carbonyl (C=O) groups excluding carboxylic acids is 1. The monoisotopic (exact) mass is 358 g/mol. The summed E-state index contributed by atoms with van der Waals surface area (Å²) >= 11 is 1.67. The number of nitrogens with zero attached hydrogens (tertiary/aromatic N) is 3. The predicted octanol–water partition coefficient (Wildman–Crippen LogP) is 2.77. The van der Waals surface area contributed by atoms with Gasteiger partial charge in [-0.1, -0.05) is 6.08 Å². The summed E-state index contributed by atoms with van der Waals surface area (Å²) in [5, 5.41) is 3.25. The van der Waals surface area contributed by atoms with Gasteiger partial charge in [0.05, 0.1) is 11.4 Å². The molecule has 1 aliphatic rings. The molecule has 2 aromatic heterocycles. The van der Waals surface area contributed by atoms with Crippen LogP contribution in [-0.4, -0.2) is 46.7 Å². The maximum absolute atomic E-state index is 12.7. The number of rotatable bonds is 6. The van der Waals surface area contributed by atoms with Gasteiger partial charge in [-0.05, 0) is 24.8 Å². The first kappa shape index (κ1) is 17.5. The molecule has 132 valence electrons. The number of hydrogen-bond acceptors (Lipinski definition) is 6. The van der Waals surface area contributed by atoms with E-state index >= 15 is 0 Å². The Balaban J connectivity index is 1.72. The van der Waals surface area contributed by atoms with E-state index < -0.39 is 0 Å². The van der Waals surface area contributed by atoms with Crippen LogP contribution < -0.4 is 5.32 Å². The third-order valence-corrected chi connectivity index (χ3v) is 4.72. The van der Waals surface area contributed by atoms with Crippen LogP contribution in [0.2, 0.25) is 0 Å². The number of fused-ring (bicyclic) bond motifs is 1. The third-order valence-electron chi connectivity index (χ3n) is 4.14. The first-order valence-electron chi connectivity index (χ1n) is 8.27. The zero-order valence-electron chi connectivity index (χ0n) is 14.3. The highest BCUT2D eigenvalue weighted by Crippen LogP contribution is 2.22. The minimum Gasteiger partial charge on any atom is -0.455 e. The fourth-order valence-corrected chi connectivity index (χ4v) is 3.36. The van der Waals surface area contributed by atoms with Gasteiger partial charge < -0.3 is 14.6 Å². The normalized spacial score (nSPS) is 13.9. The lowest BCUT2D eigenvalue weighted by molar-refractivity contribution is 0.0729. The van der Waals surface area contributed by atoms with E-state index in [0.717, 1.165) is 35.0 Å². The molecule has 0 fully saturated rings. The van der Waals surface area contributed by atoms with Crippen LogP contribution >= 0.6 is 11.8 Å². The highest BCUT2D eigenvalue weighted by atomic mass is 32.2. The fourth-order valence-electron chi connectivity index (χ4n) is 2.92. The summed E-state index contributed by atoms with van der Waals surface area (Å²) in [4.78, 5) is 23.3. The van der Waals surface area contributed by atoms with Gasteiger partial charge in [-0.3, -0.25) is 4.79 Å². The first-order chi connectivity index (χ1) is 12.2. The molecule has 6 nitrogen and oxygen atoms in total. The van der Waals surface area contributed by atoms with E-state index in [0.29, 0.717) is 31.8 Å². The van der Waals surface area contributed by atoms with Crippen LogP contribution in [-0.2, 0) is 18.6 Å². The van der Waals surface area contributed by atoms with Crippen LogP contribution in [0.15, 0.2) is 35.5 Å². The summed E-state index contributed by atoms with van der Waals surface area (Å²) in [6, 6.07) is 3.64. The van der Waals surface area contributed by atoms with E-state index in [1.807, 2.05) is 17.2 Å². The molecule has 1 amide bonds. The van der Waals surface area contributed by atoms with Gasteiger partial charge in [0.25, 0.3) is 5.91 Å². The summed E-state index contributed by atoms with van der Waals surface area (Å²) in [6.07, 6.45) is 6.81. The highest BCUT2D eigenvalue weighted by molar-refractivity contribution is 7.97. The van der Waals surface area contributed by atoms with Crippen molar-refractivity contribution >= 4 is 23.5 Å². The lowest BCUT2D eigenvalue weighted by atomic mass is 10.1. The molecule has 0 saturated heterocycles. The highest BCUT2D eigenvalue weighted by Gasteiger charge is 2.24. The van der Waals surface area contributed by atoms with Crippen molar-refractivity contribution in [2.45, 2.75) is 18.6 Å². The minimum atomic E-state index is -0.0614. The fraction of sp³-hybridized carbons (Fsp3) is 0.389. The van der Waals surface area contributed by atoms with Crippen LogP contribution in [0.4, 0.5) is 5.82 Å². The van der Waals surface area contributed by atoms with Crippen LogP contribution in [0.25, 0.3) is 0 Å². The summed E-state index contributed by atoms with van der Waals surface area (Å²) in [6.45, 7) is 5.62. The van der Waals surface area contributed by atoms with E-state index in [9.17, 15) is 4.79 Å². The molecule has 1 aliphatic heterocycles. The molecule has 0 saturated carbocycles. The first-order valence-corrected chi connectivity index (χ1v) is 9.66. The SMILES string of the molecule is C=CCNc1ncnc2c1CCN(C(=O)c1ccc(CSC)o1)CC2. The molecule has 3 rings (SSSR count). The second kappa shape index (κ2) is 8.20. The molecule has 0 radical (unpaired) electrons.